The number of hydrogen-bond donors (Lipinski definition) is 1. The normalized spacial score (nSPS) is 10.8. The number of anilines is 1. The molecule has 0 aliphatic heterocycles. The van der Waals surface area contributed by atoms with Gasteiger partial charge in [-0.05, 0) is 18.6 Å². The van der Waals surface area contributed by atoms with Crippen LogP contribution in [0.15, 0.2) is 42.9 Å². The molecule has 7 nitrogen and oxygen atoms in total. The molecule has 0 atom stereocenters. The molecule has 3 rings (SSSR count). The van der Waals surface area contributed by atoms with E-state index in [2.05, 4.69) is 39.8 Å². The second-order valence-corrected chi connectivity index (χ2v) is 4.99. The van der Waals surface area contributed by atoms with Gasteiger partial charge in [-0.25, -0.2) is 9.36 Å². The molecule has 1 N–H and O–H groups in total. The second-order valence-electron chi connectivity index (χ2n) is 4.99. The summed E-state index contributed by atoms with van der Waals surface area (Å²) >= 11 is 0. The van der Waals surface area contributed by atoms with E-state index in [1.54, 1.807) is 18.0 Å². The van der Waals surface area contributed by atoms with E-state index in [0.717, 1.165) is 11.3 Å². The summed E-state index contributed by atoms with van der Waals surface area (Å²) in [6.45, 7) is 3.10. The van der Waals surface area contributed by atoms with Crippen molar-refractivity contribution in [3.8, 4) is 5.69 Å². The first-order valence-electron chi connectivity index (χ1n) is 6.99. The zero-order chi connectivity index (χ0) is 15.4. The Kier molecular flexibility index (Phi) is 4.15. The van der Waals surface area contributed by atoms with Crippen molar-refractivity contribution < 1.29 is 4.74 Å². The fraction of sp³-hybridized carbons (Fsp3) is 0.267. The Morgan fingerprint density at radius 2 is 2.09 bits per heavy atom. The highest BCUT2D eigenvalue weighted by Crippen LogP contribution is 2.13. The Morgan fingerprint density at radius 1 is 1.23 bits per heavy atom. The molecule has 2 aromatic heterocycles. The molecular weight excluding hydrogens is 280 g/mol. The van der Waals surface area contributed by atoms with Gasteiger partial charge in [-0.3, -0.25) is 0 Å². The van der Waals surface area contributed by atoms with Gasteiger partial charge in [0.05, 0.1) is 18.1 Å². The predicted molar refractivity (Wildman–Crippen MR) is 82.7 cm³/mol. The van der Waals surface area contributed by atoms with Crippen molar-refractivity contribution in [1.82, 2.24) is 24.8 Å². The van der Waals surface area contributed by atoms with Crippen LogP contribution in [0, 0.1) is 6.92 Å². The van der Waals surface area contributed by atoms with Crippen LogP contribution in [0.25, 0.3) is 5.69 Å². The Balaban J connectivity index is 1.65. The third-order valence-electron chi connectivity index (χ3n) is 3.27. The van der Waals surface area contributed by atoms with Crippen molar-refractivity contribution in [2.24, 2.45) is 0 Å². The molecular formula is C15H18N6O. The highest BCUT2D eigenvalue weighted by molar-refractivity contribution is 5.40. The third-order valence-corrected chi connectivity index (χ3v) is 3.27. The monoisotopic (exact) mass is 298 g/mol. The van der Waals surface area contributed by atoms with Crippen LogP contribution >= 0.6 is 0 Å². The van der Waals surface area contributed by atoms with Crippen molar-refractivity contribution in [1.29, 1.82) is 0 Å². The number of rotatable bonds is 6. The summed E-state index contributed by atoms with van der Waals surface area (Å²) in [6.07, 6.45) is 5.66. The Morgan fingerprint density at radius 3 is 2.91 bits per heavy atom. The lowest BCUT2D eigenvalue weighted by Crippen LogP contribution is -2.00. The molecule has 0 radical (unpaired) electrons. The van der Waals surface area contributed by atoms with Crippen molar-refractivity contribution in [2.45, 2.75) is 20.2 Å². The average molecular weight is 298 g/mol. The lowest BCUT2D eigenvalue weighted by Gasteiger charge is -2.04. The molecule has 7 heteroatoms. The van der Waals surface area contributed by atoms with E-state index in [1.165, 1.54) is 5.56 Å². The van der Waals surface area contributed by atoms with Crippen LogP contribution in [0.4, 0.5) is 5.82 Å². The average Bonchev–Trinajstić information content (AvgIpc) is 3.15. The first-order chi connectivity index (χ1) is 10.8. The molecule has 0 aliphatic carbocycles. The van der Waals surface area contributed by atoms with Crippen LogP contribution in [0.1, 0.15) is 11.1 Å². The topological polar surface area (TPSA) is 69.8 Å². The highest BCUT2D eigenvalue weighted by Gasteiger charge is 2.05. The summed E-state index contributed by atoms with van der Waals surface area (Å²) in [5.74, 6) is 0.709. The summed E-state index contributed by atoms with van der Waals surface area (Å²) in [7, 11) is 1.62. The number of nitrogens with zero attached hydrogens (tertiary/aromatic N) is 5. The maximum Gasteiger partial charge on any atom is 0.168 e. The number of benzene rings is 1. The summed E-state index contributed by atoms with van der Waals surface area (Å²) in [6, 6.07) is 8.16. The smallest absolute Gasteiger partial charge is 0.168 e. The van der Waals surface area contributed by atoms with Gasteiger partial charge in [0.1, 0.15) is 6.73 Å². The first kappa shape index (κ1) is 14.3. The predicted octanol–water partition coefficient (Wildman–Crippen LogP) is 1.99. The molecule has 0 spiro atoms. The van der Waals surface area contributed by atoms with Gasteiger partial charge in [0.15, 0.2) is 5.82 Å². The van der Waals surface area contributed by atoms with E-state index >= 15 is 0 Å². The van der Waals surface area contributed by atoms with Gasteiger partial charge >= 0.3 is 0 Å². The maximum absolute atomic E-state index is 4.99. The molecule has 114 valence electrons. The second kappa shape index (κ2) is 6.40. The van der Waals surface area contributed by atoms with Gasteiger partial charge in [-0.15, -0.1) is 5.10 Å². The van der Waals surface area contributed by atoms with E-state index in [-0.39, 0.29) is 0 Å². The highest BCUT2D eigenvalue weighted by atomic mass is 16.5. The standard InChI is InChI=1S/C15H18N6O/c1-12-5-3-4-6-14(12)21-9-13(8-17-21)7-16-15-10-20(11-22-2)19-18-15/h3-6,8-10,16H,7,11H2,1-2H3. The van der Waals surface area contributed by atoms with Gasteiger partial charge in [0.25, 0.3) is 0 Å². The van der Waals surface area contributed by atoms with Crippen molar-refractivity contribution in [3.05, 3.63) is 54.0 Å². The molecule has 0 bridgehead atoms. The van der Waals surface area contributed by atoms with Crippen LogP contribution < -0.4 is 5.32 Å². The van der Waals surface area contributed by atoms with Gasteiger partial charge in [0.2, 0.25) is 0 Å². The van der Waals surface area contributed by atoms with Gasteiger partial charge < -0.3 is 10.1 Å². The number of aromatic nitrogens is 5. The zero-order valence-electron chi connectivity index (χ0n) is 12.6. The number of para-hydroxylation sites is 1. The fourth-order valence-corrected chi connectivity index (χ4v) is 2.17. The number of nitrogens with one attached hydrogen (secondary N) is 1. The van der Waals surface area contributed by atoms with E-state index < -0.39 is 0 Å². The molecule has 2 heterocycles. The molecule has 0 saturated heterocycles. The Bertz CT molecular complexity index is 748. The van der Waals surface area contributed by atoms with E-state index in [0.29, 0.717) is 19.1 Å². The molecule has 0 amide bonds. The van der Waals surface area contributed by atoms with Crippen LogP contribution in [0.3, 0.4) is 0 Å². The number of ether oxygens (including phenoxy) is 1. The van der Waals surface area contributed by atoms with E-state index in [1.807, 2.05) is 29.2 Å². The summed E-state index contributed by atoms with van der Waals surface area (Å²) < 4.78 is 8.49. The lowest BCUT2D eigenvalue weighted by molar-refractivity contribution is 0.119. The number of hydrogen-bond acceptors (Lipinski definition) is 5. The van der Waals surface area contributed by atoms with E-state index in [9.17, 15) is 0 Å². The number of aryl methyl sites for hydroxylation is 1. The van der Waals surface area contributed by atoms with Gasteiger partial charge in [0, 0.05) is 25.4 Å². The minimum absolute atomic E-state index is 0.389. The molecule has 0 fully saturated rings. The number of methoxy groups -OCH3 is 1. The lowest BCUT2D eigenvalue weighted by atomic mass is 10.2. The van der Waals surface area contributed by atoms with Gasteiger partial charge in [-0.1, -0.05) is 23.4 Å². The summed E-state index contributed by atoms with van der Waals surface area (Å²) in [5, 5.41) is 15.6. The first-order valence-corrected chi connectivity index (χ1v) is 6.99. The SMILES string of the molecule is COCn1cc(NCc2cnn(-c3ccccc3C)c2)nn1. The van der Waals surface area contributed by atoms with Crippen LogP contribution in [-0.2, 0) is 18.0 Å². The van der Waals surface area contributed by atoms with Gasteiger partial charge in [-0.2, -0.15) is 5.10 Å². The van der Waals surface area contributed by atoms with Crippen LogP contribution in [0.2, 0.25) is 0 Å². The molecule has 0 unspecified atom stereocenters. The summed E-state index contributed by atoms with van der Waals surface area (Å²) in [5.41, 5.74) is 3.34. The largest absolute Gasteiger partial charge is 0.363 e. The van der Waals surface area contributed by atoms with Crippen LogP contribution in [-0.4, -0.2) is 31.9 Å². The maximum atomic E-state index is 4.99. The minimum Gasteiger partial charge on any atom is -0.363 e. The fourth-order valence-electron chi connectivity index (χ4n) is 2.17. The van der Waals surface area contributed by atoms with Crippen molar-refractivity contribution in [3.63, 3.8) is 0 Å². The van der Waals surface area contributed by atoms with Crippen molar-refractivity contribution in [2.75, 3.05) is 12.4 Å². The molecule has 22 heavy (non-hydrogen) atoms. The zero-order valence-corrected chi connectivity index (χ0v) is 12.6. The molecule has 1 aromatic carbocycles. The Labute approximate surface area is 128 Å². The summed E-state index contributed by atoms with van der Waals surface area (Å²) in [4.78, 5) is 0. The molecule has 0 saturated carbocycles. The van der Waals surface area contributed by atoms with Crippen molar-refractivity contribution >= 4 is 5.82 Å². The third kappa shape index (κ3) is 3.15. The quantitative estimate of drug-likeness (QED) is 0.753. The van der Waals surface area contributed by atoms with Crippen LogP contribution in [0.5, 0.6) is 0 Å². The minimum atomic E-state index is 0.389. The van der Waals surface area contributed by atoms with E-state index in [4.69, 9.17) is 4.74 Å². The molecule has 0 aliphatic rings. The molecule has 3 aromatic rings. The Hall–Kier alpha value is -2.67.